The van der Waals surface area contributed by atoms with Crippen molar-refractivity contribution >= 4 is 18.1 Å². The lowest BCUT2D eigenvalue weighted by atomic mass is 10.3. The van der Waals surface area contributed by atoms with Gasteiger partial charge in [0.1, 0.15) is 6.54 Å². The zero-order valence-corrected chi connectivity index (χ0v) is 7.38. The van der Waals surface area contributed by atoms with Gasteiger partial charge in [-0.05, 0) is 12.1 Å². The minimum atomic E-state index is -0.853. The van der Waals surface area contributed by atoms with E-state index in [2.05, 4.69) is 5.32 Å². The van der Waals surface area contributed by atoms with Crippen molar-refractivity contribution in [1.82, 2.24) is 0 Å². The van der Waals surface area contributed by atoms with E-state index in [4.69, 9.17) is 15.0 Å². The van der Waals surface area contributed by atoms with E-state index in [1.165, 1.54) is 0 Å². The van der Waals surface area contributed by atoms with Gasteiger partial charge in [0.2, 0.25) is 0 Å². The molecule has 0 fully saturated rings. The largest absolute Gasteiger partial charge is 0.483 e. The smallest absolute Gasteiger partial charge is 0.322 e. The van der Waals surface area contributed by atoms with Crippen LogP contribution < -0.4 is 5.32 Å². The van der Waals surface area contributed by atoms with E-state index in [-0.39, 0.29) is 13.0 Å². The normalized spacial score (nSPS) is 8.00. The summed E-state index contributed by atoms with van der Waals surface area (Å²) in [6.07, 6.45) is 0. The van der Waals surface area contributed by atoms with Crippen molar-refractivity contribution in [2.45, 2.75) is 0 Å². The summed E-state index contributed by atoms with van der Waals surface area (Å²) < 4.78 is 0. The Hall–Kier alpha value is -2.04. The van der Waals surface area contributed by atoms with Crippen LogP contribution >= 0.6 is 0 Å². The van der Waals surface area contributed by atoms with Crippen LogP contribution in [0.4, 0.5) is 5.69 Å². The third-order valence-electron chi connectivity index (χ3n) is 1.22. The highest BCUT2D eigenvalue weighted by atomic mass is 16.4. The first-order valence-corrected chi connectivity index (χ1v) is 3.79. The summed E-state index contributed by atoms with van der Waals surface area (Å²) >= 11 is 0. The lowest BCUT2D eigenvalue weighted by Gasteiger charge is -2.00. The minimum absolute atomic E-state index is 0.0377. The van der Waals surface area contributed by atoms with Gasteiger partial charge in [-0.25, -0.2) is 0 Å². The van der Waals surface area contributed by atoms with Gasteiger partial charge >= 0.3 is 5.97 Å². The van der Waals surface area contributed by atoms with E-state index in [0.29, 0.717) is 0 Å². The average Bonchev–Trinajstić information content (AvgIpc) is 2.18. The molecule has 0 aromatic heterocycles. The monoisotopic (exact) mass is 197 g/mol. The Morgan fingerprint density at radius 3 is 2.29 bits per heavy atom. The van der Waals surface area contributed by atoms with Crippen molar-refractivity contribution < 1.29 is 19.8 Å². The zero-order chi connectivity index (χ0) is 10.8. The number of para-hydroxylation sites is 1. The van der Waals surface area contributed by atoms with Gasteiger partial charge in [0.25, 0.3) is 6.47 Å². The molecule has 0 atom stereocenters. The van der Waals surface area contributed by atoms with Crippen LogP contribution in [0.5, 0.6) is 0 Å². The van der Waals surface area contributed by atoms with Gasteiger partial charge in [0.15, 0.2) is 0 Å². The molecule has 0 spiro atoms. The lowest BCUT2D eigenvalue weighted by Crippen LogP contribution is -2.11. The number of hydrogen-bond acceptors (Lipinski definition) is 3. The van der Waals surface area contributed by atoms with E-state index in [1.54, 1.807) is 0 Å². The molecule has 1 aromatic rings. The molecule has 1 rings (SSSR count). The van der Waals surface area contributed by atoms with Crippen molar-refractivity contribution in [1.29, 1.82) is 0 Å². The Kier molecular flexibility index (Phi) is 6.49. The molecule has 0 aliphatic carbocycles. The molecule has 3 N–H and O–H groups in total. The highest BCUT2D eigenvalue weighted by Gasteiger charge is 1.93. The van der Waals surface area contributed by atoms with Crippen LogP contribution in [0.1, 0.15) is 0 Å². The number of carbonyl (C=O) groups is 2. The summed E-state index contributed by atoms with van der Waals surface area (Å²) in [4.78, 5) is 18.5. The molecule has 5 nitrogen and oxygen atoms in total. The fourth-order valence-electron chi connectivity index (χ4n) is 0.734. The fourth-order valence-corrected chi connectivity index (χ4v) is 0.734. The maximum Gasteiger partial charge on any atom is 0.322 e. The topological polar surface area (TPSA) is 86.6 Å². The second-order valence-electron chi connectivity index (χ2n) is 2.22. The second-order valence-corrected chi connectivity index (χ2v) is 2.22. The number of nitrogens with one attached hydrogen (secondary N) is 1. The highest BCUT2D eigenvalue weighted by molar-refractivity contribution is 5.72. The average molecular weight is 197 g/mol. The van der Waals surface area contributed by atoms with Crippen LogP contribution in [-0.4, -0.2) is 29.2 Å². The number of aliphatic carboxylic acids is 1. The van der Waals surface area contributed by atoms with Crippen LogP contribution in [0.25, 0.3) is 0 Å². The van der Waals surface area contributed by atoms with Gasteiger partial charge in [-0.2, -0.15) is 0 Å². The molecule has 1 aromatic carbocycles. The lowest BCUT2D eigenvalue weighted by molar-refractivity contribution is -0.135. The molecule has 0 aliphatic rings. The minimum Gasteiger partial charge on any atom is -0.483 e. The number of carboxylic acids is 1. The maximum absolute atomic E-state index is 10.1. The van der Waals surface area contributed by atoms with Crippen molar-refractivity contribution in [3.8, 4) is 0 Å². The van der Waals surface area contributed by atoms with Gasteiger partial charge in [-0.15, -0.1) is 0 Å². The zero-order valence-electron chi connectivity index (χ0n) is 7.38. The number of benzene rings is 1. The summed E-state index contributed by atoms with van der Waals surface area (Å²) in [5.74, 6) is -0.853. The van der Waals surface area contributed by atoms with Crippen LogP contribution in [0.2, 0.25) is 0 Å². The summed E-state index contributed by atoms with van der Waals surface area (Å²) in [5.41, 5.74) is 0.829. The van der Waals surface area contributed by atoms with E-state index in [1.807, 2.05) is 30.3 Å². The first-order valence-electron chi connectivity index (χ1n) is 3.79. The van der Waals surface area contributed by atoms with Crippen LogP contribution in [-0.2, 0) is 9.59 Å². The van der Waals surface area contributed by atoms with Gasteiger partial charge < -0.3 is 15.5 Å². The first kappa shape index (κ1) is 12.0. The predicted octanol–water partition coefficient (Wildman–Crippen LogP) is 0.884. The van der Waals surface area contributed by atoms with Crippen molar-refractivity contribution in [3.63, 3.8) is 0 Å². The molecule has 0 heterocycles. The summed E-state index contributed by atoms with van der Waals surface area (Å²) in [6, 6.07) is 9.23. The molecular weight excluding hydrogens is 186 g/mol. The van der Waals surface area contributed by atoms with E-state index >= 15 is 0 Å². The summed E-state index contributed by atoms with van der Waals surface area (Å²) in [5, 5.41) is 17.9. The Bertz CT molecular complexity index is 273. The van der Waals surface area contributed by atoms with Gasteiger partial charge in [0, 0.05) is 5.69 Å². The van der Waals surface area contributed by atoms with Gasteiger partial charge in [-0.1, -0.05) is 18.2 Å². The number of rotatable bonds is 3. The number of hydrogen-bond donors (Lipinski definition) is 3. The molecular formula is C9H11NO4. The molecule has 0 bridgehead atoms. The Morgan fingerprint density at radius 2 is 1.86 bits per heavy atom. The van der Waals surface area contributed by atoms with E-state index in [0.717, 1.165) is 5.69 Å². The quantitative estimate of drug-likeness (QED) is 0.626. The fraction of sp³-hybridized carbons (Fsp3) is 0.111. The SMILES string of the molecule is O=C(O)CNc1ccccc1.O=CO. The number of anilines is 1. The third-order valence-corrected chi connectivity index (χ3v) is 1.22. The van der Waals surface area contributed by atoms with Crippen LogP contribution in [0.3, 0.4) is 0 Å². The standard InChI is InChI=1S/C8H9NO2.CH2O2/c10-8(11)6-9-7-4-2-1-3-5-7;2-1-3/h1-5,9H,6H2,(H,10,11);1H,(H,2,3). The Morgan fingerprint density at radius 1 is 1.36 bits per heavy atom. The van der Waals surface area contributed by atoms with Crippen molar-refractivity contribution in [2.24, 2.45) is 0 Å². The van der Waals surface area contributed by atoms with E-state index in [9.17, 15) is 4.79 Å². The van der Waals surface area contributed by atoms with Crippen LogP contribution in [0.15, 0.2) is 30.3 Å². The molecule has 0 aliphatic heterocycles. The maximum atomic E-state index is 10.1. The summed E-state index contributed by atoms with van der Waals surface area (Å²) in [7, 11) is 0. The Balaban J connectivity index is 0.000000500. The molecule has 0 unspecified atom stereocenters. The Labute approximate surface area is 81.0 Å². The molecule has 0 amide bonds. The molecule has 14 heavy (non-hydrogen) atoms. The summed E-state index contributed by atoms with van der Waals surface area (Å²) in [6.45, 7) is -0.288. The van der Waals surface area contributed by atoms with Crippen molar-refractivity contribution in [2.75, 3.05) is 11.9 Å². The predicted molar refractivity (Wildman–Crippen MR) is 51.3 cm³/mol. The van der Waals surface area contributed by atoms with E-state index < -0.39 is 5.97 Å². The number of carboxylic acid groups (broad SMARTS) is 2. The second kappa shape index (κ2) is 7.60. The molecule has 0 radical (unpaired) electrons. The van der Waals surface area contributed by atoms with Gasteiger partial charge in [-0.3, -0.25) is 9.59 Å². The van der Waals surface area contributed by atoms with Crippen LogP contribution in [0, 0.1) is 0 Å². The molecule has 5 heteroatoms. The molecule has 0 saturated heterocycles. The van der Waals surface area contributed by atoms with Crippen molar-refractivity contribution in [3.05, 3.63) is 30.3 Å². The first-order chi connectivity index (χ1) is 6.70. The molecule has 76 valence electrons. The highest BCUT2D eigenvalue weighted by Crippen LogP contribution is 2.03. The molecule has 0 saturated carbocycles. The third kappa shape index (κ3) is 6.66. The van der Waals surface area contributed by atoms with Gasteiger partial charge in [0.05, 0.1) is 0 Å².